The van der Waals surface area contributed by atoms with Gasteiger partial charge in [-0.1, -0.05) is 12.8 Å². The molecule has 0 atom stereocenters. The van der Waals surface area contributed by atoms with E-state index in [1.807, 2.05) is 0 Å². The van der Waals surface area contributed by atoms with E-state index in [0.29, 0.717) is 32.0 Å². The summed E-state index contributed by atoms with van der Waals surface area (Å²) in [5, 5.41) is 0. The molecule has 28 heavy (non-hydrogen) atoms. The van der Waals surface area contributed by atoms with Crippen LogP contribution < -0.4 is 0 Å². The molecule has 4 rings (SSSR count). The highest BCUT2D eigenvalue weighted by molar-refractivity contribution is 6.04. The van der Waals surface area contributed by atoms with E-state index in [-0.39, 0.29) is 16.7 Å². The van der Waals surface area contributed by atoms with Crippen molar-refractivity contribution >= 4 is 18.2 Å². The number of carbonyl (C=O) groups is 3. The van der Waals surface area contributed by atoms with Crippen molar-refractivity contribution in [2.45, 2.75) is 75.8 Å². The second-order valence-corrected chi connectivity index (χ2v) is 7.78. The van der Waals surface area contributed by atoms with Gasteiger partial charge in [0.2, 0.25) is 0 Å². The summed E-state index contributed by atoms with van der Waals surface area (Å²) in [5.41, 5.74) is 0.0462. The highest BCUT2D eigenvalue weighted by atomic mass is 16.7. The lowest BCUT2D eigenvalue weighted by molar-refractivity contribution is -0.228. The summed E-state index contributed by atoms with van der Waals surface area (Å²) in [5.74, 6) is -3.01. The molecule has 4 aliphatic rings. The molecular formula is C21H24O7. The van der Waals surface area contributed by atoms with Crippen LogP contribution in [0.15, 0.2) is 35.3 Å². The third-order valence-corrected chi connectivity index (χ3v) is 5.78. The second-order valence-electron chi connectivity index (χ2n) is 7.78. The molecule has 0 radical (unpaired) electrons. The Kier molecular flexibility index (Phi) is 5.00. The van der Waals surface area contributed by atoms with Crippen LogP contribution in [0.4, 0.5) is 0 Å². The third-order valence-electron chi connectivity index (χ3n) is 5.78. The second kappa shape index (κ2) is 7.45. The number of aldehydes is 1. The highest BCUT2D eigenvalue weighted by Crippen LogP contribution is 2.38. The Morgan fingerprint density at radius 2 is 1.32 bits per heavy atom. The molecule has 0 aromatic carbocycles. The molecule has 2 aliphatic heterocycles. The molecule has 0 saturated heterocycles. The maximum atomic E-state index is 12.5. The normalized spacial score (nSPS) is 26.4. The molecule has 0 unspecified atom stereocenters. The van der Waals surface area contributed by atoms with Gasteiger partial charge in [0.25, 0.3) is 11.6 Å². The van der Waals surface area contributed by atoms with E-state index in [0.717, 1.165) is 38.5 Å². The van der Waals surface area contributed by atoms with Crippen LogP contribution in [0.25, 0.3) is 0 Å². The van der Waals surface area contributed by atoms with Crippen molar-refractivity contribution in [2.24, 2.45) is 0 Å². The van der Waals surface area contributed by atoms with Crippen molar-refractivity contribution in [3.63, 3.8) is 0 Å². The van der Waals surface area contributed by atoms with Crippen LogP contribution in [0.2, 0.25) is 0 Å². The number of hydrogen-bond acceptors (Lipinski definition) is 7. The van der Waals surface area contributed by atoms with Gasteiger partial charge in [0.15, 0.2) is 6.29 Å². The molecule has 0 N–H and O–H groups in total. The van der Waals surface area contributed by atoms with Gasteiger partial charge < -0.3 is 18.9 Å². The largest absolute Gasteiger partial charge is 0.459 e. The van der Waals surface area contributed by atoms with Gasteiger partial charge in [0.05, 0.1) is 5.57 Å². The molecule has 0 bridgehead atoms. The van der Waals surface area contributed by atoms with E-state index < -0.39 is 23.5 Å². The smallest absolute Gasteiger partial charge is 0.345 e. The fourth-order valence-corrected chi connectivity index (χ4v) is 4.18. The van der Waals surface area contributed by atoms with Crippen LogP contribution in [0.1, 0.15) is 64.2 Å². The first-order valence-electron chi connectivity index (χ1n) is 9.95. The Hall–Kier alpha value is -2.57. The molecule has 2 heterocycles. The maximum Gasteiger partial charge on any atom is 0.345 e. The van der Waals surface area contributed by atoms with Gasteiger partial charge in [0.1, 0.15) is 18.1 Å². The number of rotatable bonds is 3. The molecule has 2 spiro atoms. The molecule has 150 valence electrons. The molecule has 0 aromatic rings. The van der Waals surface area contributed by atoms with Gasteiger partial charge in [-0.05, 0) is 31.8 Å². The molecule has 2 saturated carbocycles. The predicted octanol–water partition coefficient (Wildman–Crippen LogP) is 3.35. The fraction of sp³-hybridized carbons (Fsp3) is 0.571. The van der Waals surface area contributed by atoms with Crippen LogP contribution in [-0.2, 0) is 33.3 Å². The van der Waals surface area contributed by atoms with Gasteiger partial charge in [-0.25, -0.2) is 9.59 Å². The minimum absolute atomic E-state index is 0.0120. The minimum Gasteiger partial charge on any atom is -0.459 e. The first kappa shape index (κ1) is 18.8. The van der Waals surface area contributed by atoms with Crippen molar-refractivity contribution in [1.82, 2.24) is 0 Å². The number of hydrogen-bond donors (Lipinski definition) is 0. The lowest BCUT2D eigenvalue weighted by Crippen LogP contribution is -2.42. The number of ether oxygens (including phenoxy) is 4. The zero-order valence-corrected chi connectivity index (χ0v) is 15.7. The van der Waals surface area contributed by atoms with Crippen molar-refractivity contribution in [1.29, 1.82) is 0 Å². The van der Waals surface area contributed by atoms with Crippen molar-refractivity contribution in [3.8, 4) is 0 Å². The summed E-state index contributed by atoms with van der Waals surface area (Å²) in [7, 11) is 0. The molecule has 7 nitrogen and oxygen atoms in total. The predicted molar refractivity (Wildman–Crippen MR) is 96.3 cm³/mol. The fourth-order valence-electron chi connectivity index (χ4n) is 4.18. The highest BCUT2D eigenvalue weighted by Gasteiger charge is 2.43. The van der Waals surface area contributed by atoms with Gasteiger partial charge in [0, 0.05) is 31.3 Å². The van der Waals surface area contributed by atoms with Crippen LogP contribution in [0, 0.1) is 0 Å². The topological polar surface area (TPSA) is 88.1 Å². The van der Waals surface area contributed by atoms with Crippen LogP contribution in [0.3, 0.4) is 0 Å². The Balaban J connectivity index is 1.54. The maximum absolute atomic E-state index is 12.5. The van der Waals surface area contributed by atoms with Crippen molar-refractivity contribution < 1.29 is 33.3 Å². The summed E-state index contributed by atoms with van der Waals surface area (Å²) in [6, 6.07) is 0. The Morgan fingerprint density at radius 1 is 0.786 bits per heavy atom. The quantitative estimate of drug-likeness (QED) is 0.416. The first-order chi connectivity index (χ1) is 13.5. The summed E-state index contributed by atoms with van der Waals surface area (Å²) in [6.07, 6.45) is 12.8. The molecule has 2 aliphatic carbocycles. The van der Waals surface area contributed by atoms with Gasteiger partial charge in [-0.15, -0.1) is 0 Å². The van der Waals surface area contributed by atoms with Crippen LogP contribution in [0.5, 0.6) is 0 Å². The SMILES string of the molecule is O=C/C(=C\C1=COC2(CCCCC2)OC1=O)C1=COC2(CCCCC2)OC1=O. The molecule has 7 heteroatoms. The van der Waals surface area contributed by atoms with E-state index in [2.05, 4.69) is 0 Å². The Morgan fingerprint density at radius 3 is 1.82 bits per heavy atom. The minimum atomic E-state index is -0.924. The van der Waals surface area contributed by atoms with Gasteiger partial charge >= 0.3 is 11.9 Å². The van der Waals surface area contributed by atoms with Gasteiger partial charge in [-0.2, -0.15) is 0 Å². The summed E-state index contributed by atoms with van der Waals surface area (Å²) in [6.45, 7) is 0. The summed E-state index contributed by atoms with van der Waals surface area (Å²) >= 11 is 0. The third kappa shape index (κ3) is 3.57. The summed E-state index contributed by atoms with van der Waals surface area (Å²) < 4.78 is 22.5. The lowest BCUT2D eigenvalue weighted by Gasteiger charge is -2.38. The van der Waals surface area contributed by atoms with Gasteiger partial charge in [-0.3, -0.25) is 4.79 Å². The van der Waals surface area contributed by atoms with E-state index in [4.69, 9.17) is 18.9 Å². The van der Waals surface area contributed by atoms with Crippen LogP contribution >= 0.6 is 0 Å². The average Bonchev–Trinajstić information content (AvgIpc) is 2.70. The van der Waals surface area contributed by atoms with Crippen molar-refractivity contribution in [2.75, 3.05) is 0 Å². The monoisotopic (exact) mass is 388 g/mol. The Labute approximate surface area is 163 Å². The number of carbonyl (C=O) groups excluding carboxylic acids is 3. The van der Waals surface area contributed by atoms with E-state index in [1.165, 1.54) is 18.6 Å². The summed E-state index contributed by atoms with van der Waals surface area (Å²) in [4.78, 5) is 36.5. The standard InChI is InChI=1S/C21H24O7/c22-12-15(17-14-26-21(28-19(17)24)9-5-2-6-10-21)11-16-13-25-20(27-18(16)23)7-3-1-4-8-20/h11-14H,1-10H2/b15-11+. The average molecular weight is 388 g/mol. The van der Waals surface area contributed by atoms with E-state index in [9.17, 15) is 14.4 Å². The van der Waals surface area contributed by atoms with E-state index in [1.54, 1.807) is 0 Å². The van der Waals surface area contributed by atoms with Crippen LogP contribution in [-0.4, -0.2) is 29.8 Å². The molecular weight excluding hydrogens is 364 g/mol. The Bertz CT molecular complexity index is 762. The molecule has 2 fully saturated rings. The lowest BCUT2D eigenvalue weighted by atomic mass is 9.93. The number of esters is 2. The zero-order chi connectivity index (χ0) is 19.6. The first-order valence-corrected chi connectivity index (χ1v) is 9.95. The molecule has 0 amide bonds. The van der Waals surface area contributed by atoms with E-state index >= 15 is 0 Å². The molecule has 0 aromatic heterocycles. The zero-order valence-electron chi connectivity index (χ0n) is 15.7. The van der Waals surface area contributed by atoms with Crippen molar-refractivity contribution in [3.05, 3.63) is 35.3 Å².